The van der Waals surface area contributed by atoms with Crippen LogP contribution in [0.2, 0.25) is 0 Å². The molecule has 2 aromatic rings. The van der Waals surface area contributed by atoms with Crippen LogP contribution in [0.3, 0.4) is 0 Å². The minimum absolute atomic E-state index is 0.585. The molecule has 0 saturated carbocycles. The van der Waals surface area contributed by atoms with E-state index in [1.54, 1.807) is 6.20 Å². The molecule has 3 rings (SSSR count). The van der Waals surface area contributed by atoms with Gasteiger partial charge in [0.2, 0.25) is 0 Å². The molecule has 0 bridgehead atoms. The Morgan fingerprint density at radius 2 is 1.39 bits per heavy atom. The molecule has 0 atom stereocenters. The molecule has 154 valence electrons. The van der Waals surface area contributed by atoms with E-state index in [-0.39, 0.29) is 0 Å². The lowest BCUT2D eigenvalue weighted by Crippen LogP contribution is -2.31. The summed E-state index contributed by atoms with van der Waals surface area (Å²) in [5.74, 6) is 0. The molecule has 1 fully saturated rings. The number of aromatic nitrogens is 4. The molecule has 1 aliphatic heterocycles. The van der Waals surface area contributed by atoms with Gasteiger partial charge in [0.15, 0.2) is 0 Å². The fourth-order valence-electron chi connectivity index (χ4n) is 2.79. The number of ether oxygens (including phenoxy) is 4. The average molecular weight is 391 g/mol. The van der Waals surface area contributed by atoms with Crippen molar-refractivity contribution in [3.63, 3.8) is 0 Å². The SMILES string of the molecule is c1ccc(Cn2cc(CN3CCOCCOCCOCCOCC3)nn2)nc1. The van der Waals surface area contributed by atoms with Gasteiger partial charge in [-0.25, -0.2) is 4.68 Å². The third-order valence-electron chi connectivity index (χ3n) is 4.24. The Labute approximate surface area is 165 Å². The lowest BCUT2D eigenvalue weighted by atomic mass is 10.3. The minimum Gasteiger partial charge on any atom is -0.378 e. The Bertz CT molecular complexity index is 639. The summed E-state index contributed by atoms with van der Waals surface area (Å²) in [5, 5.41) is 8.52. The van der Waals surface area contributed by atoms with Crippen LogP contribution < -0.4 is 0 Å². The van der Waals surface area contributed by atoms with Gasteiger partial charge in [0.1, 0.15) is 0 Å². The summed E-state index contributed by atoms with van der Waals surface area (Å²) in [6.07, 6.45) is 3.75. The van der Waals surface area contributed by atoms with Crippen LogP contribution >= 0.6 is 0 Å². The third-order valence-corrected chi connectivity index (χ3v) is 4.24. The van der Waals surface area contributed by atoms with Gasteiger partial charge in [-0.3, -0.25) is 9.88 Å². The monoisotopic (exact) mass is 391 g/mol. The van der Waals surface area contributed by atoms with Gasteiger partial charge in [0, 0.05) is 25.8 Å². The Kier molecular flexibility index (Phi) is 9.31. The second kappa shape index (κ2) is 12.5. The van der Waals surface area contributed by atoms with Crippen molar-refractivity contribution in [1.29, 1.82) is 0 Å². The lowest BCUT2D eigenvalue weighted by Gasteiger charge is -2.21. The molecule has 3 heterocycles. The van der Waals surface area contributed by atoms with E-state index in [4.69, 9.17) is 18.9 Å². The summed E-state index contributed by atoms with van der Waals surface area (Å²) in [4.78, 5) is 6.59. The Balaban J connectivity index is 1.49. The molecule has 0 aromatic carbocycles. The highest BCUT2D eigenvalue weighted by Gasteiger charge is 2.10. The first-order chi connectivity index (χ1) is 13.9. The highest BCUT2D eigenvalue weighted by atomic mass is 16.6. The molecule has 0 unspecified atom stereocenters. The Hall–Kier alpha value is -1.91. The van der Waals surface area contributed by atoms with Crippen molar-refractivity contribution >= 4 is 0 Å². The van der Waals surface area contributed by atoms with Gasteiger partial charge >= 0.3 is 0 Å². The van der Waals surface area contributed by atoms with Gasteiger partial charge in [-0.2, -0.15) is 0 Å². The van der Waals surface area contributed by atoms with E-state index in [0.29, 0.717) is 65.9 Å². The Morgan fingerprint density at radius 1 is 0.750 bits per heavy atom. The van der Waals surface area contributed by atoms with Gasteiger partial charge in [0.25, 0.3) is 0 Å². The quantitative estimate of drug-likeness (QED) is 0.749. The summed E-state index contributed by atoms with van der Waals surface area (Å²) in [7, 11) is 0. The number of pyridine rings is 1. The van der Waals surface area contributed by atoms with E-state index < -0.39 is 0 Å². The molecular weight excluding hydrogens is 362 g/mol. The van der Waals surface area contributed by atoms with Crippen LogP contribution in [0, 0.1) is 0 Å². The van der Waals surface area contributed by atoms with Crippen LogP contribution in [0.15, 0.2) is 30.6 Å². The van der Waals surface area contributed by atoms with Crippen LogP contribution in [0.5, 0.6) is 0 Å². The van der Waals surface area contributed by atoms with Crippen LogP contribution in [-0.4, -0.2) is 90.8 Å². The van der Waals surface area contributed by atoms with Crippen LogP contribution in [0.1, 0.15) is 11.4 Å². The predicted octanol–water partition coefficient (Wildman–Crippen LogP) is 0.603. The van der Waals surface area contributed by atoms with E-state index in [2.05, 4.69) is 20.2 Å². The van der Waals surface area contributed by atoms with E-state index in [0.717, 1.165) is 24.5 Å². The van der Waals surface area contributed by atoms with Crippen LogP contribution in [0.25, 0.3) is 0 Å². The van der Waals surface area contributed by atoms with Crippen molar-refractivity contribution in [1.82, 2.24) is 24.9 Å². The first-order valence-corrected chi connectivity index (χ1v) is 9.72. The van der Waals surface area contributed by atoms with Gasteiger partial charge in [0.05, 0.1) is 77.0 Å². The zero-order chi connectivity index (χ0) is 19.3. The molecule has 28 heavy (non-hydrogen) atoms. The first kappa shape index (κ1) is 20.8. The van der Waals surface area contributed by atoms with E-state index in [1.807, 2.05) is 29.1 Å². The fraction of sp³-hybridized carbons (Fsp3) is 0.632. The first-order valence-electron chi connectivity index (χ1n) is 9.72. The smallest absolute Gasteiger partial charge is 0.0967 e. The maximum Gasteiger partial charge on any atom is 0.0967 e. The van der Waals surface area contributed by atoms with Gasteiger partial charge < -0.3 is 18.9 Å². The second-order valence-electron chi connectivity index (χ2n) is 6.45. The van der Waals surface area contributed by atoms with Crippen molar-refractivity contribution < 1.29 is 18.9 Å². The number of rotatable bonds is 4. The van der Waals surface area contributed by atoms with Crippen LogP contribution in [-0.2, 0) is 32.0 Å². The Morgan fingerprint density at radius 3 is 2.00 bits per heavy atom. The summed E-state index contributed by atoms with van der Waals surface area (Å²) in [6, 6.07) is 5.85. The van der Waals surface area contributed by atoms with Crippen molar-refractivity contribution in [3.05, 3.63) is 42.0 Å². The average Bonchev–Trinajstić information content (AvgIpc) is 3.14. The molecule has 0 radical (unpaired) electrons. The maximum absolute atomic E-state index is 5.66. The maximum atomic E-state index is 5.66. The van der Waals surface area contributed by atoms with E-state index in [1.165, 1.54) is 0 Å². The van der Waals surface area contributed by atoms with Crippen molar-refractivity contribution in [2.75, 3.05) is 65.9 Å². The molecule has 0 aliphatic carbocycles. The molecular formula is C19H29N5O4. The van der Waals surface area contributed by atoms with Gasteiger partial charge in [-0.15, -0.1) is 5.10 Å². The molecule has 9 nitrogen and oxygen atoms in total. The van der Waals surface area contributed by atoms with Gasteiger partial charge in [-0.05, 0) is 12.1 Å². The topological polar surface area (TPSA) is 83.8 Å². The highest BCUT2D eigenvalue weighted by Crippen LogP contribution is 2.03. The standard InChI is InChI=1S/C19H29N5O4/c1-2-4-20-18(3-1)16-24-17-19(21-22-24)15-23-5-7-25-9-11-27-13-14-28-12-10-26-8-6-23/h1-4,17H,5-16H2. The largest absolute Gasteiger partial charge is 0.378 e. The highest BCUT2D eigenvalue weighted by molar-refractivity contribution is 5.04. The molecule has 0 N–H and O–H groups in total. The summed E-state index contributed by atoms with van der Waals surface area (Å²) in [6.45, 7) is 7.71. The molecule has 1 saturated heterocycles. The molecule has 9 heteroatoms. The lowest BCUT2D eigenvalue weighted by molar-refractivity contribution is 0.00206. The number of hydrogen-bond donors (Lipinski definition) is 0. The van der Waals surface area contributed by atoms with Crippen molar-refractivity contribution in [2.45, 2.75) is 13.1 Å². The third kappa shape index (κ3) is 7.99. The van der Waals surface area contributed by atoms with Crippen molar-refractivity contribution in [3.8, 4) is 0 Å². The zero-order valence-corrected chi connectivity index (χ0v) is 16.2. The van der Waals surface area contributed by atoms with Gasteiger partial charge in [-0.1, -0.05) is 11.3 Å². The molecule has 0 spiro atoms. The number of nitrogens with zero attached hydrogens (tertiary/aromatic N) is 5. The minimum atomic E-state index is 0.585. The fourth-order valence-corrected chi connectivity index (χ4v) is 2.79. The molecule has 2 aromatic heterocycles. The second-order valence-corrected chi connectivity index (χ2v) is 6.45. The predicted molar refractivity (Wildman–Crippen MR) is 102 cm³/mol. The van der Waals surface area contributed by atoms with Crippen molar-refractivity contribution in [2.24, 2.45) is 0 Å². The van der Waals surface area contributed by atoms with E-state index in [9.17, 15) is 0 Å². The summed E-state index contributed by atoms with van der Waals surface area (Å²) >= 11 is 0. The summed E-state index contributed by atoms with van der Waals surface area (Å²) in [5.41, 5.74) is 1.87. The number of hydrogen-bond acceptors (Lipinski definition) is 8. The normalized spacial score (nSPS) is 19.0. The summed E-state index contributed by atoms with van der Waals surface area (Å²) < 4.78 is 24.0. The zero-order valence-electron chi connectivity index (χ0n) is 16.2. The van der Waals surface area contributed by atoms with Crippen LogP contribution in [0.4, 0.5) is 0 Å². The molecule has 0 amide bonds. The molecule has 1 aliphatic rings. The van der Waals surface area contributed by atoms with E-state index >= 15 is 0 Å².